The van der Waals surface area contributed by atoms with Gasteiger partial charge in [0.25, 0.3) is 5.91 Å². The molecule has 1 aliphatic rings. The number of nitrogens with two attached hydrogens (primary N) is 2. The van der Waals surface area contributed by atoms with Crippen molar-refractivity contribution >= 4 is 11.7 Å². The third-order valence-corrected chi connectivity index (χ3v) is 3.82. The molecule has 6 heteroatoms. The fraction of sp³-hybridized carbons (Fsp3) is 0.615. The predicted octanol–water partition coefficient (Wildman–Crippen LogP) is 1.27. The summed E-state index contributed by atoms with van der Waals surface area (Å²) in [7, 11) is 1.67. The lowest BCUT2D eigenvalue weighted by Gasteiger charge is -2.34. The summed E-state index contributed by atoms with van der Waals surface area (Å²) in [5.74, 6) is 0.100. The highest BCUT2D eigenvalue weighted by Gasteiger charge is 2.37. The van der Waals surface area contributed by atoms with Crippen molar-refractivity contribution in [2.75, 3.05) is 12.8 Å². The van der Waals surface area contributed by atoms with Gasteiger partial charge in [0, 0.05) is 7.11 Å². The molecular formula is C13H20N4O2. The number of carbonyl (C=O) groups is 1. The minimum Gasteiger partial charge on any atom is -0.383 e. The van der Waals surface area contributed by atoms with E-state index < -0.39 is 11.5 Å². The zero-order chi connectivity index (χ0) is 14.0. The highest BCUT2D eigenvalue weighted by atomic mass is 16.5. The average Bonchev–Trinajstić information content (AvgIpc) is 2.38. The van der Waals surface area contributed by atoms with Crippen molar-refractivity contribution in [3.8, 4) is 0 Å². The minimum absolute atomic E-state index is 0.136. The molecule has 0 aromatic carbocycles. The molecule has 0 aliphatic heterocycles. The molecule has 1 aromatic rings. The average molecular weight is 264 g/mol. The number of aryl methyl sites for hydroxylation is 1. The summed E-state index contributed by atoms with van der Waals surface area (Å²) in [5.41, 5.74) is 11.3. The number of primary amides is 1. The highest BCUT2D eigenvalue weighted by Crippen LogP contribution is 2.38. The van der Waals surface area contributed by atoms with Gasteiger partial charge in [-0.1, -0.05) is 19.3 Å². The molecule has 0 radical (unpaired) electrons. The molecule has 0 atom stereocenters. The molecule has 1 heterocycles. The van der Waals surface area contributed by atoms with Crippen LogP contribution in [0.3, 0.4) is 0 Å². The second kappa shape index (κ2) is 5.13. The van der Waals surface area contributed by atoms with Crippen LogP contribution in [-0.4, -0.2) is 23.0 Å². The molecule has 0 spiro atoms. The van der Waals surface area contributed by atoms with E-state index in [9.17, 15) is 4.79 Å². The van der Waals surface area contributed by atoms with Crippen molar-refractivity contribution in [2.24, 2.45) is 5.73 Å². The molecule has 0 saturated heterocycles. The van der Waals surface area contributed by atoms with E-state index >= 15 is 0 Å². The molecule has 1 fully saturated rings. The van der Waals surface area contributed by atoms with Crippen LogP contribution in [0.5, 0.6) is 0 Å². The summed E-state index contributed by atoms with van der Waals surface area (Å²) in [6, 6.07) is 0. The van der Waals surface area contributed by atoms with Crippen LogP contribution in [-0.2, 0) is 10.3 Å². The van der Waals surface area contributed by atoms with Gasteiger partial charge in [-0.15, -0.1) is 0 Å². The third kappa shape index (κ3) is 2.40. The van der Waals surface area contributed by atoms with Crippen molar-refractivity contribution in [1.82, 2.24) is 9.97 Å². The zero-order valence-electron chi connectivity index (χ0n) is 11.4. The Morgan fingerprint density at radius 3 is 2.37 bits per heavy atom. The minimum atomic E-state index is -0.600. The van der Waals surface area contributed by atoms with Gasteiger partial charge in [0.15, 0.2) is 5.82 Å². The number of rotatable bonds is 3. The lowest BCUT2D eigenvalue weighted by molar-refractivity contribution is -0.0515. The van der Waals surface area contributed by atoms with Crippen molar-refractivity contribution in [1.29, 1.82) is 0 Å². The van der Waals surface area contributed by atoms with Gasteiger partial charge in [0.1, 0.15) is 17.0 Å². The number of amides is 1. The van der Waals surface area contributed by atoms with Gasteiger partial charge in [0.05, 0.1) is 5.69 Å². The van der Waals surface area contributed by atoms with E-state index in [0.717, 1.165) is 25.7 Å². The number of nitrogens with zero attached hydrogens (tertiary/aromatic N) is 2. The van der Waals surface area contributed by atoms with E-state index in [-0.39, 0.29) is 11.4 Å². The predicted molar refractivity (Wildman–Crippen MR) is 71.5 cm³/mol. The van der Waals surface area contributed by atoms with Gasteiger partial charge < -0.3 is 16.2 Å². The first-order valence-corrected chi connectivity index (χ1v) is 6.50. The molecule has 4 N–H and O–H groups in total. The number of aromatic nitrogens is 2. The Balaban J connectivity index is 2.48. The van der Waals surface area contributed by atoms with Gasteiger partial charge in [-0.25, -0.2) is 9.97 Å². The van der Waals surface area contributed by atoms with Gasteiger partial charge in [-0.05, 0) is 19.8 Å². The molecule has 0 bridgehead atoms. The van der Waals surface area contributed by atoms with Crippen LogP contribution in [0.25, 0.3) is 0 Å². The first kappa shape index (κ1) is 13.7. The maximum Gasteiger partial charge on any atom is 0.254 e. The first-order chi connectivity index (χ1) is 9.00. The Morgan fingerprint density at radius 1 is 1.26 bits per heavy atom. The van der Waals surface area contributed by atoms with Crippen LogP contribution in [0.2, 0.25) is 0 Å². The second-order valence-electron chi connectivity index (χ2n) is 5.02. The van der Waals surface area contributed by atoms with Crippen LogP contribution in [0.15, 0.2) is 0 Å². The van der Waals surface area contributed by atoms with Crippen LogP contribution in [0.1, 0.15) is 54.0 Å². The van der Waals surface area contributed by atoms with Gasteiger partial charge in [-0.2, -0.15) is 0 Å². The largest absolute Gasteiger partial charge is 0.383 e. The third-order valence-electron chi connectivity index (χ3n) is 3.82. The van der Waals surface area contributed by atoms with Crippen molar-refractivity contribution < 1.29 is 9.53 Å². The first-order valence-electron chi connectivity index (χ1n) is 6.50. The van der Waals surface area contributed by atoms with E-state index in [1.54, 1.807) is 14.0 Å². The SMILES string of the molecule is COC1(c2nc(C)c(C(N)=O)c(N)n2)CCCCC1. The summed E-state index contributed by atoms with van der Waals surface area (Å²) in [5, 5.41) is 0. The molecule has 1 amide bonds. The standard InChI is InChI=1S/C13H20N4O2/c1-8-9(11(15)18)10(14)17-12(16-8)13(19-2)6-4-3-5-7-13/h3-7H2,1-2H3,(H2,15,18)(H2,14,16,17). The summed E-state index contributed by atoms with van der Waals surface area (Å²) in [6.45, 7) is 1.72. The van der Waals surface area contributed by atoms with Crippen molar-refractivity contribution in [2.45, 2.75) is 44.6 Å². The molecule has 6 nitrogen and oxygen atoms in total. The van der Waals surface area contributed by atoms with Crippen molar-refractivity contribution in [3.63, 3.8) is 0 Å². The molecule has 2 rings (SSSR count). The van der Waals surface area contributed by atoms with Crippen molar-refractivity contribution in [3.05, 3.63) is 17.1 Å². The quantitative estimate of drug-likeness (QED) is 0.855. The maximum atomic E-state index is 11.3. The number of methoxy groups -OCH3 is 1. The molecule has 19 heavy (non-hydrogen) atoms. The molecular weight excluding hydrogens is 244 g/mol. The van der Waals surface area contributed by atoms with Crippen LogP contribution >= 0.6 is 0 Å². The number of carbonyl (C=O) groups excluding carboxylic acids is 1. The van der Waals surface area contributed by atoms with Gasteiger partial charge in [0.2, 0.25) is 0 Å². The second-order valence-corrected chi connectivity index (χ2v) is 5.02. The normalized spacial score (nSPS) is 18.2. The Bertz CT molecular complexity index is 472. The number of hydrogen-bond donors (Lipinski definition) is 2. The number of ether oxygens (including phenoxy) is 1. The van der Waals surface area contributed by atoms with E-state index in [2.05, 4.69) is 9.97 Å². The summed E-state index contributed by atoms with van der Waals surface area (Å²) in [6.07, 6.45) is 5.09. The Labute approximate surface area is 112 Å². The van der Waals surface area contributed by atoms with Crippen LogP contribution < -0.4 is 11.5 Å². The monoisotopic (exact) mass is 264 g/mol. The molecule has 1 aromatic heterocycles. The summed E-state index contributed by atoms with van der Waals surface area (Å²) < 4.78 is 5.68. The number of hydrogen-bond acceptors (Lipinski definition) is 5. The fourth-order valence-electron chi connectivity index (χ4n) is 2.75. The van der Waals surface area contributed by atoms with Crippen LogP contribution in [0.4, 0.5) is 5.82 Å². The zero-order valence-corrected chi connectivity index (χ0v) is 11.4. The molecule has 1 saturated carbocycles. The van der Waals surface area contributed by atoms with E-state index in [1.807, 2.05) is 0 Å². The summed E-state index contributed by atoms with van der Waals surface area (Å²) >= 11 is 0. The fourth-order valence-corrected chi connectivity index (χ4v) is 2.75. The van der Waals surface area contributed by atoms with E-state index in [4.69, 9.17) is 16.2 Å². The molecule has 104 valence electrons. The smallest absolute Gasteiger partial charge is 0.254 e. The number of anilines is 1. The van der Waals surface area contributed by atoms with E-state index in [0.29, 0.717) is 11.5 Å². The lowest BCUT2D eigenvalue weighted by atomic mass is 9.83. The lowest BCUT2D eigenvalue weighted by Crippen LogP contribution is -2.34. The Morgan fingerprint density at radius 2 is 1.89 bits per heavy atom. The summed E-state index contributed by atoms with van der Waals surface area (Å²) in [4.78, 5) is 20.0. The number of nitrogen functional groups attached to an aromatic ring is 1. The Kier molecular flexibility index (Phi) is 3.71. The van der Waals surface area contributed by atoms with Gasteiger partial charge >= 0.3 is 0 Å². The van der Waals surface area contributed by atoms with Gasteiger partial charge in [-0.3, -0.25) is 4.79 Å². The molecule has 0 unspecified atom stereocenters. The molecule has 1 aliphatic carbocycles. The topological polar surface area (TPSA) is 104 Å². The van der Waals surface area contributed by atoms with E-state index in [1.165, 1.54) is 6.42 Å². The highest BCUT2D eigenvalue weighted by molar-refractivity contribution is 5.98. The Hall–Kier alpha value is -1.69. The maximum absolute atomic E-state index is 11.3. The van der Waals surface area contributed by atoms with Crippen LogP contribution in [0, 0.1) is 6.92 Å².